The van der Waals surface area contributed by atoms with E-state index in [4.69, 9.17) is 0 Å². The van der Waals surface area contributed by atoms with E-state index >= 15 is 0 Å². The lowest BCUT2D eigenvalue weighted by atomic mass is 10.2. The molecule has 0 saturated heterocycles. The van der Waals surface area contributed by atoms with Crippen molar-refractivity contribution in [2.24, 2.45) is 0 Å². The molecule has 0 radical (unpaired) electrons. The zero-order valence-electron chi connectivity index (χ0n) is 8.53. The summed E-state index contributed by atoms with van der Waals surface area (Å²) >= 11 is 0. The normalized spacial score (nSPS) is 9.57. The molecule has 1 aromatic rings. The minimum Gasteiger partial charge on any atom is -0.355 e. The molecule has 0 spiro atoms. The van der Waals surface area contributed by atoms with Crippen molar-refractivity contribution in [3.8, 4) is 0 Å². The second-order valence-corrected chi connectivity index (χ2v) is 3.10. The first-order valence-corrected chi connectivity index (χ1v) is 4.44. The fraction of sp³-hybridized carbons (Fsp3) is 0.273. The molecule has 0 fully saturated rings. The van der Waals surface area contributed by atoms with Crippen molar-refractivity contribution in [3.05, 3.63) is 36.5 Å². The number of carbonyl (C=O) groups excluding carboxylic acids is 1. The van der Waals surface area contributed by atoms with Crippen LogP contribution in [0.2, 0.25) is 0 Å². The Morgan fingerprint density at radius 1 is 1.71 bits per heavy atom. The molecule has 0 aromatic carbocycles. The van der Waals surface area contributed by atoms with Crippen LogP contribution in [-0.4, -0.2) is 24.4 Å². The maximum atomic E-state index is 11.3. The Hall–Kier alpha value is -1.64. The first-order valence-electron chi connectivity index (χ1n) is 4.44. The largest absolute Gasteiger partial charge is 0.355 e. The molecular formula is C11H14N2O. The van der Waals surface area contributed by atoms with Gasteiger partial charge in [0.15, 0.2) is 5.78 Å². The highest BCUT2D eigenvalue weighted by atomic mass is 16.1. The number of Topliss-reactive ketones (excluding diaryl/α,β-unsaturated/α-hetero) is 1. The van der Waals surface area contributed by atoms with Crippen molar-refractivity contribution in [2.75, 3.05) is 18.5 Å². The summed E-state index contributed by atoms with van der Waals surface area (Å²) in [4.78, 5) is 17.4. The second kappa shape index (κ2) is 4.56. The van der Waals surface area contributed by atoms with E-state index in [1.165, 1.54) is 0 Å². The number of nitrogens with zero attached hydrogens (tertiary/aromatic N) is 2. The molecule has 0 aliphatic carbocycles. The van der Waals surface area contributed by atoms with Gasteiger partial charge in [0.1, 0.15) is 5.82 Å². The van der Waals surface area contributed by atoms with E-state index in [2.05, 4.69) is 11.6 Å². The third-order valence-corrected chi connectivity index (χ3v) is 1.93. The Kier molecular flexibility index (Phi) is 3.40. The van der Waals surface area contributed by atoms with E-state index in [9.17, 15) is 4.79 Å². The van der Waals surface area contributed by atoms with Crippen LogP contribution in [0.25, 0.3) is 0 Å². The van der Waals surface area contributed by atoms with Crippen LogP contribution in [0, 0.1) is 0 Å². The van der Waals surface area contributed by atoms with E-state index in [1.807, 2.05) is 11.9 Å². The Labute approximate surface area is 84.1 Å². The molecule has 74 valence electrons. The molecule has 1 aromatic heterocycles. The van der Waals surface area contributed by atoms with E-state index < -0.39 is 0 Å². The molecule has 3 heteroatoms. The number of ketones is 1. The predicted octanol–water partition coefficient (Wildman–Crippen LogP) is 1.91. The molecule has 1 heterocycles. The number of rotatable bonds is 4. The molecule has 0 saturated carbocycles. The van der Waals surface area contributed by atoms with Crippen molar-refractivity contribution in [1.82, 2.24) is 4.98 Å². The van der Waals surface area contributed by atoms with Crippen molar-refractivity contribution < 1.29 is 4.79 Å². The van der Waals surface area contributed by atoms with E-state index in [1.54, 1.807) is 31.3 Å². The quantitative estimate of drug-likeness (QED) is 0.537. The number of likely N-dealkylation sites (N-methyl/N-ethyl adjacent to an activating group) is 1. The highest BCUT2D eigenvalue weighted by Gasteiger charge is 2.10. The average Bonchev–Trinajstić information content (AvgIpc) is 2.18. The lowest BCUT2D eigenvalue weighted by molar-refractivity contribution is 0.101. The van der Waals surface area contributed by atoms with Crippen molar-refractivity contribution in [1.29, 1.82) is 0 Å². The van der Waals surface area contributed by atoms with Crippen LogP contribution < -0.4 is 4.90 Å². The zero-order chi connectivity index (χ0) is 10.6. The van der Waals surface area contributed by atoms with Gasteiger partial charge < -0.3 is 4.90 Å². The summed E-state index contributed by atoms with van der Waals surface area (Å²) in [5.74, 6) is 0.740. The van der Waals surface area contributed by atoms with Crippen molar-refractivity contribution >= 4 is 11.6 Å². The summed E-state index contributed by atoms with van der Waals surface area (Å²) in [6.45, 7) is 5.87. The number of pyridine rings is 1. The number of aromatic nitrogens is 1. The highest BCUT2D eigenvalue weighted by molar-refractivity contribution is 5.98. The molecule has 0 unspecified atom stereocenters. The van der Waals surface area contributed by atoms with Crippen LogP contribution in [0.4, 0.5) is 5.82 Å². The molecule has 0 atom stereocenters. The van der Waals surface area contributed by atoms with Crippen LogP contribution in [0.5, 0.6) is 0 Å². The molecule has 0 bridgehead atoms. The van der Waals surface area contributed by atoms with Gasteiger partial charge in [-0.15, -0.1) is 6.58 Å². The lowest BCUT2D eigenvalue weighted by Crippen LogP contribution is -2.20. The second-order valence-electron chi connectivity index (χ2n) is 3.10. The lowest BCUT2D eigenvalue weighted by Gasteiger charge is -2.17. The monoisotopic (exact) mass is 190 g/mol. The van der Waals surface area contributed by atoms with Gasteiger partial charge in [-0.25, -0.2) is 4.98 Å². The highest BCUT2D eigenvalue weighted by Crippen LogP contribution is 2.15. The molecule has 14 heavy (non-hydrogen) atoms. The molecule has 0 N–H and O–H groups in total. The summed E-state index contributed by atoms with van der Waals surface area (Å²) in [7, 11) is 1.89. The molecular weight excluding hydrogens is 176 g/mol. The van der Waals surface area contributed by atoms with Gasteiger partial charge in [-0.05, 0) is 19.1 Å². The van der Waals surface area contributed by atoms with Gasteiger partial charge in [0, 0.05) is 19.8 Å². The van der Waals surface area contributed by atoms with Gasteiger partial charge >= 0.3 is 0 Å². The van der Waals surface area contributed by atoms with Gasteiger partial charge in [0.25, 0.3) is 0 Å². The summed E-state index contributed by atoms with van der Waals surface area (Å²) in [5.41, 5.74) is 0.650. The SMILES string of the molecule is C=CCN(C)c1ncccc1C(C)=O. The van der Waals surface area contributed by atoms with E-state index in [0.717, 1.165) is 0 Å². The number of carbonyl (C=O) groups is 1. The third-order valence-electron chi connectivity index (χ3n) is 1.93. The Morgan fingerprint density at radius 2 is 2.43 bits per heavy atom. The molecule has 0 amide bonds. The van der Waals surface area contributed by atoms with Crippen LogP contribution in [0.1, 0.15) is 17.3 Å². The molecule has 1 rings (SSSR count). The summed E-state index contributed by atoms with van der Waals surface area (Å²) in [6, 6.07) is 3.55. The standard InChI is InChI=1S/C11H14N2O/c1-4-8-13(3)11-10(9(2)14)6-5-7-12-11/h4-7H,1,8H2,2-3H3. The Bertz CT molecular complexity index is 347. The van der Waals surface area contributed by atoms with Crippen molar-refractivity contribution in [3.63, 3.8) is 0 Å². The first kappa shape index (κ1) is 10.4. The van der Waals surface area contributed by atoms with Crippen LogP contribution in [-0.2, 0) is 0 Å². The fourth-order valence-corrected chi connectivity index (χ4v) is 1.26. The van der Waals surface area contributed by atoms with Gasteiger partial charge in [0.2, 0.25) is 0 Å². The molecule has 0 aliphatic heterocycles. The minimum atomic E-state index is 0.0315. The topological polar surface area (TPSA) is 33.2 Å². The third kappa shape index (κ3) is 2.19. The smallest absolute Gasteiger partial charge is 0.163 e. The van der Waals surface area contributed by atoms with Gasteiger partial charge in [-0.3, -0.25) is 4.79 Å². The van der Waals surface area contributed by atoms with Crippen LogP contribution in [0.15, 0.2) is 31.0 Å². The summed E-state index contributed by atoms with van der Waals surface area (Å²) < 4.78 is 0. The number of anilines is 1. The number of hydrogen-bond donors (Lipinski definition) is 0. The molecule has 0 aliphatic rings. The summed E-state index contributed by atoms with van der Waals surface area (Å²) in [6.07, 6.45) is 3.46. The van der Waals surface area contributed by atoms with Gasteiger partial charge in [0.05, 0.1) is 5.56 Å². The Balaban J connectivity index is 3.06. The predicted molar refractivity (Wildman–Crippen MR) is 57.7 cm³/mol. The summed E-state index contributed by atoms with van der Waals surface area (Å²) in [5, 5.41) is 0. The molecule has 3 nitrogen and oxygen atoms in total. The fourth-order valence-electron chi connectivity index (χ4n) is 1.26. The maximum absolute atomic E-state index is 11.3. The Morgan fingerprint density at radius 3 is 3.00 bits per heavy atom. The van der Waals surface area contributed by atoms with Crippen LogP contribution >= 0.6 is 0 Å². The zero-order valence-corrected chi connectivity index (χ0v) is 8.53. The van der Waals surface area contributed by atoms with E-state index in [0.29, 0.717) is 17.9 Å². The first-order chi connectivity index (χ1) is 6.66. The van der Waals surface area contributed by atoms with E-state index in [-0.39, 0.29) is 5.78 Å². The van der Waals surface area contributed by atoms with Crippen LogP contribution in [0.3, 0.4) is 0 Å². The minimum absolute atomic E-state index is 0.0315. The van der Waals surface area contributed by atoms with Crippen molar-refractivity contribution in [2.45, 2.75) is 6.92 Å². The average molecular weight is 190 g/mol. The maximum Gasteiger partial charge on any atom is 0.163 e. The van der Waals surface area contributed by atoms with Gasteiger partial charge in [-0.1, -0.05) is 6.08 Å². The van der Waals surface area contributed by atoms with Gasteiger partial charge in [-0.2, -0.15) is 0 Å². The number of hydrogen-bond acceptors (Lipinski definition) is 3.